The van der Waals surface area contributed by atoms with Gasteiger partial charge in [-0.15, -0.1) is 0 Å². The molecule has 1 aromatic rings. The third-order valence-electron chi connectivity index (χ3n) is 3.11. The maximum Gasteiger partial charge on any atom is 0.345 e. The second-order valence-electron chi connectivity index (χ2n) is 5.02. The van der Waals surface area contributed by atoms with E-state index in [-0.39, 0.29) is 19.0 Å². The average molecular weight is 375 g/mol. The quantitative estimate of drug-likeness (QED) is 0.228. The monoisotopic (exact) mass is 375 g/mol. The summed E-state index contributed by atoms with van der Waals surface area (Å²) in [6.45, 7) is 1.12. The van der Waals surface area contributed by atoms with Crippen LogP contribution in [0.25, 0.3) is 0 Å². The Hall–Kier alpha value is -2.80. The lowest BCUT2D eigenvalue weighted by Crippen LogP contribution is -2.52. The fourth-order valence-corrected chi connectivity index (χ4v) is 1.71. The number of hydrogen-bond acceptors (Lipinski definition) is 12. The summed E-state index contributed by atoms with van der Waals surface area (Å²) in [5.41, 5.74) is -1.68. The molecule has 26 heavy (non-hydrogen) atoms. The predicted molar refractivity (Wildman–Crippen MR) is 75.4 cm³/mol. The summed E-state index contributed by atoms with van der Waals surface area (Å²) < 4.78 is 0. The van der Waals surface area contributed by atoms with Crippen LogP contribution >= 0.6 is 0 Å². The molecule has 0 fully saturated rings. The van der Waals surface area contributed by atoms with Gasteiger partial charge in [-0.2, -0.15) is 5.26 Å². The highest BCUT2D eigenvalue weighted by molar-refractivity contribution is 5.86. The van der Waals surface area contributed by atoms with Crippen molar-refractivity contribution in [2.75, 3.05) is 0 Å². The standard InChI is InChI=1S/C8H11NO3.C6H8O8/c1-5-8(12)7(4-11)6(3-10)2-9-5;7-3(8)1-6(12,5(10)11)2-4(9)14-13/h2,10-12H,3-4H2,1H3;12-13H,1-2H2,(H,7,8)(H,10,11)/p-2. The van der Waals surface area contributed by atoms with Crippen molar-refractivity contribution < 1.29 is 55.2 Å². The molecule has 1 rings (SSSR count). The van der Waals surface area contributed by atoms with Crippen molar-refractivity contribution in [2.24, 2.45) is 0 Å². The van der Waals surface area contributed by atoms with Crippen LogP contribution in [0.3, 0.4) is 0 Å². The van der Waals surface area contributed by atoms with Crippen molar-refractivity contribution >= 4 is 17.9 Å². The van der Waals surface area contributed by atoms with Crippen molar-refractivity contribution in [2.45, 2.75) is 38.6 Å². The molecule has 0 amide bonds. The Kier molecular flexibility index (Phi) is 9.15. The van der Waals surface area contributed by atoms with E-state index in [1.54, 1.807) is 6.92 Å². The Balaban J connectivity index is 0.000000485. The largest absolute Gasteiger partial charge is 0.550 e. The number of carbonyl (C=O) groups is 3. The van der Waals surface area contributed by atoms with Gasteiger partial charge in [-0.25, -0.2) is 4.79 Å². The highest BCUT2D eigenvalue weighted by atomic mass is 17.1. The van der Waals surface area contributed by atoms with Crippen LogP contribution in [0.4, 0.5) is 0 Å². The molecule has 0 radical (unpaired) electrons. The number of aryl methyl sites for hydroxylation is 1. The van der Waals surface area contributed by atoms with Gasteiger partial charge in [0.1, 0.15) is 11.4 Å². The van der Waals surface area contributed by atoms with Crippen molar-refractivity contribution in [1.82, 2.24) is 4.98 Å². The normalized spacial score (nSPS) is 12.3. The lowest BCUT2D eigenvalue weighted by molar-refractivity contribution is -0.334. The lowest BCUT2D eigenvalue weighted by atomic mass is 9.96. The molecule has 12 nitrogen and oxygen atoms in total. The molecule has 1 unspecified atom stereocenters. The van der Waals surface area contributed by atoms with Crippen LogP contribution in [0.1, 0.15) is 29.7 Å². The fraction of sp³-hybridized carbons (Fsp3) is 0.429. The van der Waals surface area contributed by atoms with Crippen molar-refractivity contribution in [3.8, 4) is 5.75 Å². The number of carboxylic acid groups (broad SMARTS) is 2. The first-order valence-corrected chi connectivity index (χ1v) is 6.88. The Morgan fingerprint density at radius 2 is 1.77 bits per heavy atom. The number of carboxylic acids is 2. The summed E-state index contributed by atoms with van der Waals surface area (Å²) in [6, 6.07) is 0. The molecule has 0 aliphatic rings. The van der Waals surface area contributed by atoms with Gasteiger partial charge in [0.2, 0.25) is 0 Å². The third kappa shape index (κ3) is 6.60. The number of nitrogens with zero attached hydrogens (tertiary/aromatic N) is 1. The number of rotatable bonds is 7. The Labute approximate surface area is 146 Å². The van der Waals surface area contributed by atoms with E-state index in [1.807, 2.05) is 0 Å². The number of aliphatic carboxylic acids is 2. The van der Waals surface area contributed by atoms with Crippen molar-refractivity contribution in [1.29, 1.82) is 0 Å². The fourth-order valence-electron chi connectivity index (χ4n) is 1.71. The van der Waals surface area contributed by atoms with E-state index in [1.165, 1.54) is 6.20 Å². The molecule has 0 aromatic carbocycles. The summed E-state index contributed by atoms with van der Waals surface area (Å²) in [5, 5.41) is 64.2. The topological polar surface area (TPSA) is 221 Å². The van der Waals surface area contributed by atoms with E-state index in [0.29, 0.717) is 16.8 Å². The first kappa shape index (κ1) is 23.2. The van der Waals surface area contributed by atoms with Gasteiger partial charge in [0.05, 0.1) is 31.3 Å². The van der Waals surface area contributed by atoms with Crippen molar-refractivity contribution in [3.05, 3.63) is 23.0 Å². The van der Waals surface area contributed by atoms with Crippen LogP contribution in [0, 0.1) is 6.92 Å². The molecule has 1 atom stereocenters. The van der Waals surface area contributed by atoms with Gasteiger partial charge < -0.3 is 45.1 Å². The second-order valence-corrected chi connectivity index (χ2v) is 5.02. The van der Waals surface area contributed by atoms with E-state index in [2.05, 4.69) is 9.87 Å². The minimum Gasteiger partial charge on any atom is -0.550 e. The van der Waals surface area contributed by atoms with E-state index in [0.717, 1.165) is 0 Å². The van der Waals surface area contributed by atoms with Crippen LogP contribution < -0.4 is 10.2 Å². The summed E-state index contributed by atoms with van der Waals surface area (Å²) in [7, 11) is 0. The Morgan fingerprint density at radius 1 is 1.19 bits per heavy atom. The summed E-state index contributed by atoms with van der Waals surface area (Å²) in [4.78, 5) is 37.6. The van der Waals surface area contributed by atoms with Gasteiger partial charge in [0.25, 0.3) is 0 Å². The highest BCUT2D eigenvalue weighted by Gasteiger charge is 2.33. The number of aromatic hydroxyl groups is 1. The molecule has 0 saturated heterocycles. The SMILES string of the molecule is Cc1ncc(CO)c(CO)c1O.O=C([O-])CC(O)(CC(=O)OO)C(=O)[O-]. The molecule has 146 valence electrons. The number of pyridine rings is 1. The molecule has 0 spiro atoms. The summed E-state index contributed by atoms with van der Waals surface area (Å²) in [6.07, 6.45) is -1.15. The number of aliphatic hydroxyl groups excluding tert-OH is 2. The number of hydrogen-bond donors (Lipinski definition) is 5. The van der Waals surface area contributed by atoms with Gasteiger partial charge in [-0.05, 0) is 6.92 Å². The number of carbonyl (C=O) groups excluding carboxylic acids is 3. The highest BCUT2D eigenvalue weighted by Crippen LogP contribution is 2.23. The minimum atomic E-state index is -2.95. The molecule has 1 heterocycles. The van der Waals surface area contributed by atoms with E-state index in [4.69, 9.17) is 20.6 Å². The molecule has 1 aromatic heterocycles. The minimum absolute atomic E-state index is 0.0379. The van der Waals surface area contributed by atoms with Crippen LogP contribution in [0.2, 0.25) is 0 Å². The Morgan fingerprint density at radius 3 is 2.15 bits per heavy atom. The maximum absolute atomic E-state index is 10.4. The summed E-state index contributed by atoms with van der Waals surface area (Å²) >= 11 is 0. The molecular weight excluding hydrogens is 358 g/mol. The van der Waals surface area contributed by atoms with Gasteiger partial charge in [-0.1, -0.05) is 0 Å². The second kappa shape index (κ2) is 10.2. The lowest BCUT2D eigenvalue weighted by Gasteiger charge is -2.27. The Bertz CT molecular complexity index is 661. The van der Waals surface area contributed by atoms with Crippen LogP contribution in [0.5, 0.6) is 5.75 Å². The first-order chi connectivity index (χ1) is 12.0. The molecule has 12 heteroatoms. The maximum atomic E-state index is 10.4. The van der Waals surface area contributed by atoms with Gasteiger partial charge in [0, 0.05) is 29.7 Å². The molecule has 0 bridgehead atoms. The van der Waals surface area contributed by atoms with Gasteiger partial charge >= 0.3 is 5.97 Å². The zero-order valence-corrected chi connectivity index (χ0v) is 13.5. The zero-order valence-electron chi connectivity index (χ0n) is 13.5. The zero-order chi connectivity index (χ0) is 20.5. The van der Waals surface area contributed by atoms with Crippen LogP contribution in [-0.2, 0) is 32.5 Å². The molecule has 0 aliphatic carbocycles. The van der Waals surface area contributed by atoms with Crippen LogP contribution in [-0.4, -0.2) is 54.2 Å². The molecule has 0 aliphatic heterocycles. The van der Waals surface area contributed by atoms with Gasteiger partial charge in [-0.3, -0.25) is 4.98 Å². The molecule has 0 saturated carbocycles. The summed E-state index contributed by atoms with van der Waals surface area (Å²) in [5.74, 6) is -5.60. The van der Waals surface area contributed by atoms with E-state index < -0.39 is 36.4 Å². The molecule has 5 N–H and O–H groups in total. The van der Waals surface area contributed by atoms with E-state index >= 15 is 0 Å². The van der Waals surface area contributed by atoms with Crippen LogP contribution in [0.15, 0.2) is 6.20 Å². The van der Waals surface area contributed by atoms with Crippen molar-refractivity contribution in [3.63, 3.8) is 0 Å². The number of aliphatic hydroxyl groups is 3. The number of aromatic nitrogens is 1. The molecular formula is C14H17NO11-2. The first-order valence-electron chi connectivity index (χ1n) is 6.88. The van der Waals surface area contributed by atoms with E-state index in [9.17, 15) is 29.7 Å². The van der Waals surface area contributed by atoms with Gasteiger partial charge in [0.15, 0.2) is 0 Å². The average Bonchev–Trinajstić information content (AvgIpc) is 2.56. The smallest absolute Gasteiger partial charge is 0.345 e. The third-order valence-corrected chi connectivity index (χ3v) is 3.11. The predicted octanol–water partition coefficient (Wildman–Crippen LogP) is -3.91.